The summed E-state index contributed by atoms with van der Waals surface area (Å²) in [5, 5.41) is 9.12. The Morgan fingerprint density at radius 1 is 1.05 bits per heavy atom. The second-order valence-corrected chi connectivity index (χ2v) is 6.52. The molecule has 6 nitrogen and oxygen atoms in total. The lowest BCUT2D eigenvalue weighted by Gasteiger charge is -2.40. The molecule has 6 heteroatoms. The summed E-state index contributed by atoms with van der Waals surface area (Å²) in [4.78, 5) is 29.8. The van der Waals surface area contributed by atoms with Crippen molar-refractivity contribution in [3.8, 4) is 0 Å². The van der Waals surface area contributed by atoms with Crippen LogP contribution in [-0.2, 0) is 4.79 Å². The lowest BCUT2D eigenvalue weighted by Crippen LogP contribution is -2.57. The molecule has 0 aromatic carbocycles. The highest BCUT2D eigenvalue weighted by Crippen LogP contribution is 2.26. The highest BCUT2D eigenvalue weighted by atomic mass is 16.4. The Hall–Kier alpha value is -1.30. The van der Waals surface area contributed by atoms with Gasteiger partial charge in [0, 0.05) is 31.7 Å². The predicted molar refractivity (Wildman–Crippen MR) is 78.2 cm³/mol. The van der Waals surface area contributed by atoms with Gasteiger partial charge in [0.15, 0.2) is 0 Å². The number of urea groups is 1. The van der Waals surface area contributed by atoms with Crippen molar-refractivity contribution in [3.05, 3.63) is 0 Å². The van der Waals surface area contributed by atoms with E-state index in [1.807, 2.05) is 4.90 Å². The van der Waals surface area contributed by atoms with Crippen molar-refractivity contribution in [2.24, 2.45) is 0 Å². The van der Waals surface area contributed by atoms with Crippen LogP contribution in [0.5, 0.6) is 0 Å². The van der Waals surface area contributed by atoms with Crippen molar-refractivity contribution in [3.63, 3.8) is 0 Å². The number of fused-ring (bicyclic) bond motifs is 1. The highest BCUT2D eigenvalue weighted by molar-refractivity contribution is 5.80. The Bertz CT molecular complexity index is 409. The Balaban J connectivity index is 1.66. The van der Waals surface area contributed by atoms with Crippen LogP contribution in [0.15, 0.2) is 0 Å². The molecule has 2 amide bonds. The maximum Gasteiger partial charge on any atom is 0.323 e. The molecule has 0 aromatic heterocycles. The molecule has 2 heterocycles. The first-order valence-electron chi connectivity index (χ1n) is 8.16. The van der Waals surface area contributed by atoms with Gasteiger partial charge in [-0.1, -0.05) is 12.8 Å². The van der Waals surface area contributed by atoms with Gasteiger partial charge in [-0.2, -0.15) is 0 Å². The fourth-order valence-corrected chi connectivity index (χ4v) is 4.06. The quantitative estimate of drug-likeness (QED) is 0.850. The smallest absolute Gasteiger partial charge is 0.323 e. The Morgan fingerprint density at radius 3 is 2.52 bits per heavy atom. The summed E-state index contributed by atoms with van der Waals surface area (Å²) < 4.78 is 0. The van der Waals surface area contributed by atoms with Gasteiger partial charge >= 0.3 is 12.0 Å². The molecule has 2 aliphatic heterocycles. The zero-order valence-electron chi connectivity index (χ0n) is 12.5. The van der Waals surface area contributed by atoms with E-state index >= 15 is 0 Å². The van der Waals surface area contributed by atoms with Gasteiger partial charge in [0.25, 0.3) is 0 Å². The zero-order valence-corrected chi connectivity index (χ0v) is 12.5. The van der Waals surface area contributed by atoms with Crippen LogP contribution in [0.2, 0.25) is 0 Å². The van der Waals surface area contributed by atoms with Gasteiger partial charge in [0.2, 0.25) is 0 Å². The molecule has 3 aliphatic rings. The van der Waals surface area contributed by atoms with Crippen LogP contribution in [0.25, 0.3) is 0 Å². The normalized spacial score (nSPS) is 26.9. The van der Waals surface area contributed by atoms with E-state index in [1.165, 1.54) is 6.42 Å². The molecule has 118 valence electrons. The number of hydrogen-bond acceptors (Lipinski definition) is 3. The van der Waals surface area contributed by atoms with Gasteiger partial charge in [-0.05, 0) is 32.2 Å². The van der Waals surface area contributed by atoms with Crippen molar-refractivity contribution in [2.45, 2.75) is 50.6 Å². The van der Waals surface area contributed by atoms with Crippen LogP contribution in [0.4, 0.5) is 4.79 Å². The van der Waals surface area contributed by atoms with Crippen LogP contribution < -0.4 is 0 Å². The van der Waals surface area contributed by atoms with E-state index < -0.39 is 5.97 Å². The minimum Gasteiger partial charge on any atom is -0.480 e. The first kappa shape index (κ1) is 14.6. The van der Waals surface area contributed by atoms with Gasteiger partial charge in [-0.3, -0.25) is 9.69 Å². The minimum atomic E-state index is -0.908. The standard InChI is InChI=1S/C15H25N3O3/c19-14(20)11-18(12-4-1-2-5-12)15(21)17-9-8-16-7-3-6-13(16)10-17/h12-13H,1-11H2,(H,19,20). The fourth-order valence-electron chi connectivity index (χ4n) is 4.06. The summed E-state index contributed by atoms with van der Waals surface area (Å²) in [7, 11) is 0. The third-order valence-electron chi connectivity index (χ3n) is 5.17. The number of amides is 2. The molecular weight excluding hydrogens is 270 g/mol. The van der Waals surface area contributed by atoms with Gasteiger partial charge in [-0.15, -0.1) is 0 Å². The summed E-state index contributed by atoms with van der Waals surface area (Å²) in [6.07, 6.45) is 6.47. The molecule has 1 aliphatic carbocycles. The zero-order chi connectivity index (χ0) is 14.8. The van der Waals surface area contributed by atoms with Crippen molar-refractivity contribution >= 4 is 12.0 Å². The van der Waals surface area contributed by atoms with Crippen molar-refractivity contribution in [1.82, 2.24) is 14.7 Å². The molecule has 1 unspecified atom stereocenters. The summed E-state index contributed by atoms with van der Waals surface area (Å²) in [5.41, 5.74) is 0. The number of carbonyl (C=O) groups excluding carboxylic acids is 1. The van der Waals surface area contributed by atoms with Crippen molar-refractivity contribution in [2.75, 3.05) is 32.7 Å². The molecule has 3 rings (SSSR count). The molecule has 1 saturated carbocycles. The summed E-state index contributed by atoms with van der Waals surface area (Å²) in [5.74, 6) is -0.908. The third-order valence-corrected chi connectivity index (χ3v) is 5.17. The molecular formula is C15H25N3O3. The van der Waals surface area contributed by atoms with E-state index in [0.717, 1.165) is 58.3 Å². The average molecular weight is 295 g/mol. The Kier molecular flexibility index (Phi) is 4.33. The van der Waals surface area contributed by atoms with Crippen LogP contribution in [0, 0.1) is 0 Å². The summed E-state index contributed by atoms with van der Waals surface area (Å²) >= 11 is 0. The maximum atomic E-state index is 12.8. The van der Waals surface area contributed by atoms with E-state index in [0.29, 0.717) is 6.04 Å². The number of carboxylic acid groups (broad SMARTS) is 1. The largest absolute Gasteiger partial charge is 0.480 e. The van der Waals surface area contributed by atoms with Crippen molar-refractivity contribution < 1.29 is 14.7 Å². The molecule has 1 atom stereocenters. The second-order valence-electron chi connectivity index (χ2n) is 6.52. The lowest BCUT2D eigenvalue weighted by atomic mass is 10.1. The summed E-state index contributed by atoms with van der Waals surface area (Å²) in [6, 6.07) is 0.545. The molecule has 0 radical (unpaired) electrons. The fraction of sp³-hybridized carbons (Fsp3) is 0.867. The maximum absolute atomic E-state index is 12.8. The average Bonchev–Trinajstić information content (AvgIpc) is 3.13. The number of nitrogens with zero attached hydrogens (tertiary/aromatic N) is 3. The summed E-state index contributed by atoms with van der Waals surface area (Å²) in [6.45, 7) is 3.42. The number of carbonyl (C=O) groups is 2. The topological polar surface area (TPSA) is 64.1 Å². The minimum absolute atomic E-state index is 0.0594. The molecule has 0 aromatic rings. The van der Waals surface area contributed by atoms with Gasteiger partial charge in [0.05, 0.1) is 0 Å². The number of rotatable bonds is 3. The van der Waals surface area contributed by atoms with Gasteiger partial charge in [0.1, 0.15) is 6.54 Å². The number of carboxylic acids is 1. The third kappa shape index (κ3) is 3.15. The lowest BCUT2D eigenvalue weighted by molar-refractivity contribution is -0.138. The molecule has 21 heavy (non-hydrogen) atoms. The van der Waals surface area contributed by atoms with E-state index in [9.17, 15) is 9.59 Å². The monoisotopic (exact) mass is 295 g/mol. The van der Waals surface area contributed by atoms with E-state index in [2.05, 4.69) is 4.90 Å². The number of hydrogen-bond donors (Lipinski definition) is 1. The first-order valence-corrected chi connectivity index (χ1v) is 8.16. The molecule has 3 fully saturated rings. The van der Waals surface area contributed by atoms with E-state index in [-0.39, 0.29) is 18.6 Å². The van der Waals surface area contributed by atoms with Crippen LogP contribution in [0.3, 0.4) is 0 Å². The second kappa shape index (κ2) is 6.22. The number of piperazine rings is 1. The SMILES string of the molecule is O=C(O)CN(C(=O)N1CCN2CCCC2C1)C1CCCC1. The Morgan fingerprint density at radius 2 is 1.81 bits per heavy atom. The number of aliphatic carboxylic acids is 1. The van der Waals surface area contributed by atoms with E-state index in [4.69, 9.17) is 5.11 Å². The first-order chi connectivity index (χ1) is 10.1. The van der Waals surface area contributed by atoms with Crippen LogP contribution in [-0.4, -0.2) is 76.6 Å². The van der Waals surface area contributed by atoms with Crippen LogP contribution >= 0.6 is 0 Å². The van der Waals surface area contributed by atoms with Crippen molar-refractivity contribution in [1.29, 1.82) is 0 Å². The van der Waals surface area contributed by atoms with Gasteiger partial charge < -0.3 is 14.9 Å². The van der Waals surface area contributed by atoms with Gasteiger partial charge in [-0.25, -0.2) is 4.79 Å². The molecule has 2 saturated heterocycles. The molecule has 0 spiro atoms. The predicted octanol–water partition coefficient (Wildman–Crippen LogP) is 1.22. The molecule has 1 N–H and O–H groups in total. The Labute approximate surface area is 125 Å². The van der Waals surface area contributed by atoms with E-state index in [1.54, 1.807) is 4.90 Å². The van der Waals surface area contributed by atoms with Crippen LogP contribution in [0.1, 0.15) is 38.5 Å². The highest BCUT2D eigenvalue weighted by Gasteiger charge is 2.36. The molecule has 0 bridgehead atoms.